The first-order chi connectivity index (χ1) is 13.3. The van der Waals surface area contributed by atoms with Crippen molar-refractivity contribution in [2.24, 2.45) is 0 Å². The van der Waals surface area contributed by atoms with Crippen LogP contribution in [0.4, 0.5) is 5.82 Å². The van der Waals surface area contributed by atoms with Crippen molar-refractivity contribution in [2.75, 3.05) is 37.5 Å². The fourth-order valence-corrected chi connectivity index (χ4v) is 4.91. The number of hydrogen-bond donors (Lipinski definition) is 0. The summed E-state index contributed by atoms with van der Waals surface area (Å²) in [6, 6.07) is 7.70. The van der Waals surface area contributed by atoms with Gasteiger partial charge in [0, 0.05) is 24.9 Å². The van der Waals surface area contributed by atoms with Crippen LogP contribution in [0.5, 0.6) is 0 Å². The molecule has 1 aliphatic heterocycles. The summed E-state index contributed by atoms with van der Waals surface area (Å²) < 4.78 is 29.7. The molecule has 0 amide bonds. The highest BCUT2D eigenvalue weighted by atomic mass is 35.5. The van der Waals surface area contributed by atoms with Gasteiger partial charge in [-0.2, -0.15) is 4.98 Å². The van der Waals surface area contributed by atoms with Crippen molar-refractivity contribution in [3.63, 3.8) is 0 Å². The Morgan fingerprint density at radius 2 is 1.96 bits per heavy atom. The Labute approximate surface area is 170 Å². The van der Waals surface area contributed by atoms with Crippen molar-refractivity contribution in [3.8, 4) is 0 Å². The third kappa shape index (κ3) is 3.75. The molecule has 3 heterocycles. The second-order valence-corrected chi connectivity index (χ2v) is 9.78. The number of ketones is 1. The molecule has 1 aliphatic rings. The minimum atomic E-state index is -3.40. The van der Waals surface area contributed by atoms with E-state index in [1.165, 1.54) is 23.5 Å². The number of benzene rings is 1. The largest absolute Gasteiger partial charge is 0.378 e. The Kier molecular flexibility index (Phi) is 5.09. The van der Waals surface area contributed by atoms with Crippen LogP contribution < -0.4 is 4.90 Å². The van der Waals surface area contributed by atoms with Crippen molar-refractivity contribution in [1.82, 2.24) is 9.97 Å². The molecule has 3 aromatic rings. The van der Waals surface area contributed by atoms with Crippen LogP contribution in [-0.4, -0.2) is 56.7 Å². The molecule has 4 rings (SSSR count). The van der Waals surface area contributed by atoms with Crippen LogP contribution in [0.15, 0.2) is 35.2 Å². The molecule has 0 aliphatic carbocycles. The zero-order valence-corrected chi connectivity index (χ0v) is 17.3. The molecule has 10 heteroatoms. The fourth-order valence-electron chi connectivity index (χ4n) is 3.00. The summed E-state index contributed by atoms with van der Waals surface area (Å²) in [5, 5.41) is 0.116. The van der Waals surface area contributed by atoms with Gasteiger partial charge in [0.15, 0.2) is 15.7 Å². The third-order valence-electron chi connectivity index (χ3n) is 4.39. The molecule has 0 bridgehead atoms. The average Bonchev–Trinajstić information content (AvgIpc) is 3.10. The van der Waals surface area contributed by atoms with E-state index in [4.69, 9.17) is 16.3 Å². The Bertz CT molecular complexity index is 1170. The van der Waals surface area contributed by atoms with E-state index in [2.05, 4.69) is 14.9 Å². The monoisotopic (exact) mass is 437 g/mol. The first-order valence-electron chi connectivity index (χ1n) is 8.47. The molecule has 0 unspecified atom stereocenters. The second kappa shape index (κ2) is 7.40. The molecule has 2 aromatic heterocycles. The van der Waals surface area contributed by atoms with Crippen LogP contribution in [0.25, 0.3) is 10.2 Å². The molecule has 1 fully saturated rings. The van der Waals surface area contributed by atoms with Gasteiger partial charge in [-0.1, -0.05) is 12.1 Å². The van der Waals surface area contributed by atoms with E-state index < -0.39 is 9.84 Å². The predicted octanol–water partition coefficient (Wildman–Crippen LogP) is 2.82. The number of anilines is 1. The topological polar surface area (TPSA) is 89.5 Å². The number of carbonyl (C=O) groups is 1. The number of fused-ring (bicyclic) bond motifs is 1. The molecule has 0 N–H and O–H groups in total. The summed E-state index contributed by atoms with van der Waals surface area (Å²) in [6.45, 7) is 2.55. The van der Waals surface area contributed by atoms with Crippen LogP contribution in [0.1, 0.15) is 15.2 Å². The predicted molar refractivity (Wildman–Crippen MR) is 108 cm³/mol. The van der Waals surface area contributed by atoms with Crippen LogP contribution >= 0.6 is 22.9 Å². The number of morpholine rings is 1. The maximum Gasteiger partial charge on any atom is 0.224 e. The Hall–Kier alpha value is -2.07. The van der Waals surface area contributed by atoms with Crippen molar-refractivity contribution in [2.45, 2.75) is 4.90 Å². The Morgan fingerprint density at radius 3 is 2.68 bits per heavy atom. The summed E-state index contributed by atoms with van der Waals surface area (Å²) in [7, 11) is -3.40. The van der Waals surface area contributed by atoms with Crippen molar-refractivity contribution in [1.29, 1.82) is 0 Å². The molecule has 146 valence electrons. The summed E-state index contributed by atoms with van der Waals surface area (Å²) in [6.07, 6.45) is 1.11. The minimum absolute atomic E-state index is 0.108. The van der Waals surface area contributed by atoms with Crippen LogP contribution in [0, 0.1) is 0 Å². The van der Waals surface area contributed by atoms with Crippen molar-refractivity contribution < 1.29 is 17.9 Å². The first-order valence-corrected chi connectivity index (χ1v) is 11.6. The molecule has 7 nitrogen and oxygen atoms in total. The Balaban J connectivity index is 1.77. The number of carbonyl (C=O) groups excluding carboxylic acids is 1. The number of nitrogens with zero attached hydrogens (tertiary/aromatic N) is 3. The maximum atomic E-state index is 13.0. The summed E-state index contributed by atoms with van der Waals surface area (Å²) >= 11 is 7.37. The SMILES string of the molecule is CS(=O)(=O)c1cccc(C(=O)c2cc3nc(Cl)nc(N4CCOCC4)c3s2)c1. The highest BCUT2D eigenvalue weighted by Crippen LogP contribution is 2.34. The van der Waals surface area contributed by atoms with Gasteiger partial charge in [-0.05, 0) is 29.8 Å². The minimum Gasteiger partial charge on any atom is -0.378 e. The van der Waals surface area contributed by atoms with E-state index in [0.717, 1.165) is 11.0 Å². The molecule has 0 spiro atoms. The molecular weight excluding hydrogens is 422 g/mol. The smallest absolute Gasteiger partial charge is 0.224 e. The lowest BCUT2D eigenvalue weighted by Crippen LogP contribution is -2.36. The van der Waals surface area contributed by atoms with Gasteiger partial charge >= 0.3 is 0 Å². The van der Waals surface area contributed by atoms with Gasteiger partial charge < -0.3 is 9.64 Å². The number of ether oxygens (including phenoxy) is 1. The molecule has 1 aromatic carbocycles. The standard InChI is InChI=1S/C18H16ClN3O4S2/c1-28(24,25)12-4-2-3-11(9-12)15(23)14-10-13-16(27-14)17(21-18(19)20-13)22-5-7-26-8-6-22/h2-4,9-10H,5-8H2,1H3. The number of thiophene rings is 1. The van der Waals surface area contributed by atoms with Gasteiger partial charge in [0.1, 0.15) is 0 Å². The number of hydrogen-bond acceptors (Lipinski definition) is 8. The Morgan fingerprint density at radius 1 is 1.21 bits per heavy atom. The van der Waals surface area contributed by atoms with Crippen LogP contribution in [0.3, 0.4) is 0 Å². The van der Waals surface area contributed by atoms with Crippen LogP contribution in [0.2, 0.25) is 5.28 Å². The van der Waals surface area contributed by atoms with E-state index >= 15 is 0 Å². The van der Waals surface area contributed by atoms with E-state index in [1.54, 1.807) is 18.2 Å². The fraction of sp³-hybridized carbons (Fsp3) is 0.278. The maximum absolute atomic E-state index is 13.0. The van der Waals surface area contributed by atoms with Gasteiger partial charge in [0.25, 0.3) is 0 Å². The lowest BCUT2D eigenvalue weighted by atomic mass is 10.1. The number of halogens is 1. The van der Waals surface area contributed by atoms with Gasteiger partial charge in [-0.25, -0.2) is 13.4 Å². The molecule has 0 atom stereocenters. The lowest BCUT2D eigenvalue weighted by molar-refractivity contribution is 0.104. The quantitative estimate of drug-likeness (QED) is 0.458. The van der Waals surface area contributed by atoms with Crippen molar-refractivity contribution in [3.05, 3.63) is 46.1 Å². The van der Waals surface area contributed by atoms with E-state index in [-0.39, 0.29) is 16.0 Å². The van der Waals surface area contributed by atoms with E-state index in [0.29, 0.717) is 48.1 Å². The zero-order valence-electron chi connectivity index (χ0n) is 14.9. The summed E-state index contributed by atoms with van der Waals surface area (Å²) in [5.74, 6) is 0.421. The van der Waals surface area contributed by atoms with Gasteiger partial charge in [-0.3, -0.25) is 4.79 Å². The van der Waals surface area contributed by atoms with Crippen molar-refractivity contribution >= 4 is 54.6 Å². The van der Waals surface area contributed by atoms with Gasteiger partial charge in [-0.15, -0.1) is 11.3 Å². The average molecular weight is 438 g/mol. The van der Waals surface area contributed by atoms with E-state index in [1.807, 2.05) is 0 Å². The normalized spacial score (nSPS) is 15.1. The summed E-state index contributed by atoms with van der Waals surface area (Å²) in [5.41, 5.74) is 0.899. The highest BCUT2D eigenvalue weighted by molar-refractivity contribution is 7.90. The number of aromatic nitrogens is 2. The van der Waals surface area contributed by atoms with Gasteiger partial charge in [0.2, 0.25) is 11.1 Å². The number of rotatable bonds is 4. The first kappa shape index (κ1) is 19.3. The number of sulfone groups is 1. The highest BCUT2D eigenvalue weighted by Gasteiger charge is 2.22. The molecule has 1 saturated heterocycles. The lowest BCUT2D eigenvalue weighted by Gasteiger charge is -2.28. The van der Waals surface area contributed by atoms with Gasteiger partial charge in [0.05, 0.1) is 33.2 Å². The van der Waals surface area contributed by atoms with Crippen LogP contribution in [-0.2, 0) is 14.6 Å². The molecular formula is C18H16ClN3O4S2. The third-order valence-corrected chi connectivity index (χ3v) is 6.78. The zero-order chi connectivity index (χ0) is 19.9. The van der Waals surface area contributed by atoms with E-state index in [9.17, 15) is 13.2 Å². The summed E-state index contributed by atoms with van der Waals surface area (Å²) in [4.78, 5) is 24.2. The second-order valence-electron chi connectivity index (χ2n) is 6.37. The molecule has 0 saturated carbocycles. The molecule has 28 heavy (non-hydrogen) atoms. The molecule has 0 radical (unpaired) electrons.